The van der Waals surface area contributed by atoms with Gasteiger partial charge in [0.2, 0.25) is 5.16 Å². The first-order valence-electron chi connectivity index (χ1n) is 8.70. The van der Waals surface area contributed by atoms with Gasteiger partial charge in [-0.3, -0.25) is 0 Å². The molecule has 0 unspecified atom stereocenters. The molecule has 4 aromatic rings. The second-order valence-electron chi connectivity index (χ2n) is 6.25. The van der Waals surface area contributed by atoms with E-state index in [9.17, 15) is 9.18 Å². The molecule has 0 aliphatic carbocycles. The molecule has 0 bridgehead atoms. The van der Waals surface area contributed by atoms with E-state index in [-0.39, 0.29) is 5.82 Å². The van der Waals surface area contributed by atoms with Gasteiger partial charge < -0.3 is 10.3 Å². The summed E-state index contributed by atoms with van der Waals surface area (Å²) in [6, 6.07) is 13.3. The maximum Gasteiger partial charge on any atom is 0.336 e. The van der Waals surface area contributed by atoms with Gasteiger partial charge in [-0.25, -0.2) is 13.9 Å². The fraction of sp³-hybridized carbons (Fsp3) is 0.150. The number of hydrogen-bond acceptors (Lipinski definition) is 6. The predicted molar refractivity (Wildman–Crippen MR) is 107 cm³/mol. The SMILES string of the molecule is CCc1ccc2c(CSc3nnc(-c4cccc(F)c4)n3N)cc(=O)oc2c1. The van der Waals surface area contributed by atoms with Gasteiger partial charge in [-0.2, -0.15) is 0 Å². The number of hydrogen-bond donors (Lipinski definition) is 1. The van der Waals surface area contributed by atoms with Crippen LogP contribution >= 0.6 is 11.8 Å². The minimum Gasteiger partial charge on any atom is -0.423 e. The Bertz CT molecular complexity index is 1220. The lowest BCUT2D eigenvalue weighted by Crippen LogP contribution is -2.11. The zero-order chi connectivity index (χ0) is 19.7. The minimum atomic E-state index is -0.397. The Kier molecular flexibility index (Phi) is 4.87. The summed E-state index contributed by atoms with van der Waals surface area (Å²) >= 11 is 1.34. The van der Waals surface area contributed by atoms with E-state index >= 15 is 0 Å². The van der Waals surface area contributed by atoms with E-state index in [1.54, 1.807) is 12.1 Å². The third-order valence-electron chi connectivity index (χ3n) is 4.41. The topological polar surface area (TPSA) is 86.9 Å². The van der Waals surface area contributed by atoms with E-state index in [0.29, 0.717) is 27.9 Å². The van der Waals surface area contributed by atoms with Crippen LogP contribution < -0.4 is 11.5 Å². The van der Waals surface area contributed by atoms with Gasteiger partial charge in [0.1, 0.15) is 11.4 Å². The Labute approximate surface area is 164 Å². The molecule has 0 saturated heterocycles. The number of fused-ring (bicyclic) bond motifs is 1. The molecule has 6 nitrogen and oxygen atoms in total. The Hall–Kier alpha value is -3.13. The van der Waals surface area contributed by atoms with Gasteiger partial charge in [0, 0.05) is 22.8 Å². The third kappa shape index (κ3) is 3.50. The second-order valence-corrected chi connectivity index (χ2v) is 7.19. The molecule has 2 N–H and O–H groups in total. The molecule has 0 spiro atoms. The van der Waals surface area contributed by atoms with Crippen LogP contribution in [0.15, 0.2) is 62.9 Å². The molecule has 0 atom stereocenters. The number of aromatic nitrogens is 3. The zero-order valence-corrected chi connectivity index (χ0v) is 15.9. The maximum atomic E-state index is 13.5. The van der Waals surface area contributed by atoms with Gasteiger partial charge in [0.05, 0.1) is 0 Å². The van der Waals surface area contributed by atoms with Crippen LogP contribution in [0.4, 0.5) is 4.39 Å². The van der Waals surface area contributed by atoms with Crippen molar-refractivity contribution in [3.8, 4) is 11.4 Å². The first-order valence-corrected chi connectivity index (χ1v) is 9.68. The van der Waals surface area contributed by atoms with Crippen molar-refractivity contribution in [2.24, 2.45) is 0 Å². The molecule has 4 rings (SSSR count). The van der Waals surface area contributed by atoms with Crippen LogP contribution in [0.1, 0.15) is 18.1 Å². The molecule has 0 radical (unpaired) electrons. The fourth-order valence-corrected chi connectivity index (χ4v) is 3.80. The van der Waals surface area contributed by atoms with Gasteiger partial charge in [-0.1, -0.05) is 43.0 Å². The van der Waals surface area contributed by atoms with Gasteiger partial charge in [0.15, 0.2) is 5.82 Å². The van der Waals surface area contributed by atoms with E-state index in [2.05, 4.69) is 10.2 Å². The van der Waals surface area contributed by atoms with Crippen LogP contribution in [0.5, 0.6) is 0 Å². The van der Waals surface area contributed by atoms with Crippen LogP contribution in [-0.2, 0) is 12.2 Å². The number of halogens is 1. The average molecular weight is 396 g/mol. The molecule has 28 heavy (non-hydrogen) atoms. The zero-order valence-electron chi connectivity index (χ0n) is 15.1. The lowest BCUT2D eigenvalue weighted by atomic mass is 10.1. The number of nitrogens with zero attached hydrogens (tertiary/aromatic N) is 3. The van der Waals surface area contributed by atoms with Crippen molar-refractivity contribution in [2.45, 2.75) is 24.3 Å². The standard InChI is InChI=1S/C20H17FN4O2S/c1-2-12-6-7-16-14(10-18(26)27-17(16)8-12)11-28-20-24-23-19(25(20)22)13-4-3-5-15(21)9-13/h3-10H,2,11,22H2,1H3. The molecular formula is C20H17FN4O2S. The van der Waals surface area contributed by atoms with Crippen molar-refractivity contribution < 1.29 is 8.81 Å². The molecule has 2 aromatic carbocycles. The van der Waals surface area contributed by atoms with E-state index in [1.807, 2.05) is 25.1 Å². The summed E-state index contributed by atoms with van der Waals surface area (Å²) in [5, 5.41) is 9.49. The van der Waals surface area contributed by atoms with Crippen molar-refractivity contribution in [2.75, 3.05) is 5.84 Å². The Morgan fingerprint density at radius 1 is 1.18 bits per heavy atom. The summed E-state index contributed by atoms with van der Waals surface area (Å²) < 4.78 is 20.1. The average Bonchev–Trinajstić information content (AvgIpc) is 3.06. The van der Waals surface area contributed by atoms with Crippen molar-refractivity contribution in [1.29, 1.82) is 0 Å². The molecule has 0 aliphatic rings. The molecule has 0 fully saturated rings. The quantitative estimate of drug-likeness (QED) is 0.314. The molecule has 0 saturated carbocycles. The van der Waals surface area contributed by atoms with Crippen LogP contribution in [0, 0.1) is 5.82 Å². The maximum absolute atomic E-state index is 13.5. The normalized spacial score (nSPS) is 11.2. The highest BCUT2D eigenvalue weighted by Gasteiger charge is 2.14. The van der Waals surface area contributed by atoms with Crippen molar-refractivity contribution in [3.63, 3.8) is 0 Å². The summed E-state index contributed by atoms with van der Waals surface area (Å²) in [4.78, 5) is 11.9. The van der Waals surface area contributed by atoms with Crippen LogP contribution in [-0.4, -0.2) is 14.9 Å². The highest BCUT2D eigenvalue weighted by atomic mass is 32.2. The Balaban J connectivity index is 1.63. The van der Waals surface area contributed by atoms with E-state index in [4.69, 9.17) is 10.3 Å². The largest absolute Gasteiger partial charge is 0.423 e. The monoisotopic (exact) mass is 396 g/mol. The number of benzene rings is 2. The predicted octanol–water partition coefficient (Wildman–Crippen LogP) is 3.76. The third-order valence-corrected chi connectivity index (χ3v) is 5.40. The summed E-state index contributed by atoms with van der Waals surface area (Å²) in [7, 11) is 0. The van der Waals surface area contributed by atoms with Crippen LogP contribution in [0.2, 0.25) is 0 Å². The lowest BCUT2D eigenvalue weighted by Gasteiger charge is -2.07. The van der Waals surface area contributed by atoms with Crippen LogP contribution in [0.25, 0.3) is 22.4 Å². The summed E-state index contributed by atoms with van der Waals surface area (Å²) in [6.07, 6.45) is 0.859. The molecule has 2 aromatic heterocycles. The molecule has 2 heterocycles. The van der Waals surface area contributed by atoms with E-state index in [0.717, 1.165) is 22.9 Å². The number of nitrogen functional groups attached to an aromatic ring is 1. The number of nitrogens with two attached hydrogens (primary N) is 1. The van der Waals surface area contributed by atoms with Gasteiger partial charge in [-0.15, -0.1) is 10.2 Å². The van der Waals surface area contributed by atoms with E-state index in [1.165, 1.54) is 34.6 Å². The second kappa shape index (κ2) is 7.47. The van der Waals surface area contributed by atoms with Crippen molar-refractivity contribution in [1.82, 2.24) is 14.9 Å². The van der Waals surface area contributed by atoms with Crippen molar-refractivity contribution >= 4 is 22.7 Å². The Morgan fingerprint density at radius 2 is 2.04 bits per heavy atom. The summed E-state index contributed by atoms with van der Waals surface area (Å²) in [6.45, 7) is 2.04. The first-order chi connectivity index (χ1) is 13.5. The number of rotatable bonds is 5. The molecular weight excluding hydrogens is 379 g/mol. The molecule has 0 aliphatic heterocycles. The Morgan fingerprint density at radius 3 is 2.82 bits per heavy atom. The molecule has 0 amide bonds. The lowest BCUT2D eigenvalue weighted by molar-refractivity contribution is 0.559. The summed E-state index contributed by atoms with van der Waals surface area (Å²) in [5.74, 6) is 6.56. The van der Waals surface area contributed by atoms with Gasteiger partial charge in [-0.05, 0) is 35.7 Å². The smallest absolute Gasteiger partial charge is 0.336 e. The fourth-order valence-electron chi connectivity index (χ4n) is 2.96. The number of thioether (sulfide) groups is 1. The highest BCUT2D eigenvalue weighted by Crippen LogP contribution is 2.27. The minimum absolute atomic E-state index is 0.368. The molecule has 142 valence electrons. The summed E-state index contributed by atoms with van der Waals surface area (Å²) in [5.41, 5.74) is 2.64. The van der Waals surface area contributed by atoms with Crippen LogP contribution in [0.3, 0.4) is 0 Å². The highest BCUT2D eigenvalue weighted by molar-refractivity contribution is 7.98. The van der Waals surface area contributed by atoms with Crippen molar-refractivity contribution in [3.05, 3.63) is 75.9 Å². The van der Waals surface area contributed by atoms with Gasteiger partial charge >= 0.3 is 5.63 Å². The first kappa shape index (κ1) is 18.2. The van der Waals surface area contributed by atoms with Gasteiger partial charge in [0.25, 0.3) is 0 Å². The number of aryl methyl sites for hydroxylation is 1. The van der Waals surface area contributed by atoms with E-state index < -0.39 is 5.63 Å². The molecule has 8 heteroatoms.